The lowest BCUT2D eigenvalue weighted by Gasteiger charge is -2.11. The molecule has 7 nitrogen and oxygen atoms in total. The standard InChI is InChI=1S/C22H23N3O4/c1-3-16-9-7-8-12-19(16)28-14-21(27)25-24-20(26)13-18-15(2)29-22(23-18)17-10-5-4-6-11-17/h4-12H,3,13-14H2,1-2H3,(H,24,26)(H,25,27). The first-order valence-electron chi connectivity index (χ1n) is 9.37. The van der Waals surface area contributed by atoms with Gasteiger partial charge >= 0.3 is 0 Å². The van der Waals surface area contributed by atoms with Gasteiger partial charge < -0.3 is 9.15 Å². The summed E-state index contributed by atoms with van der Waals surface area (Å²) in [6.45, 7) is 3.57. The number of nitrogens with one attached hydrogen (secondary N) is 2. The molecule has 0 aliphatic heterocycles. The lowest BCUT2D eigenvalue weighted by atomic mass is 10.1. The molecule has 0 radical (unpaired) electrons. The quantitative estimate of drug-likeness (QED) is 0.602. The second kappa shape index (κ2) is 9.54. The number of nitrogens with zero attached hydrogens (tertiary/aromatic N) is 1. The fraction of sp³-hybridized carbons (Fsp3) is 0.227. The fourth-order valence-corrected chi connectivity index (χ4v) is 2.75. The molecule has 2 N–H and O–H groups in total. The number of para-hydroxylation sites is 1. The monoisotopic (exact) mass is 393 g/mol. The summed E-state index contributed by atoms with van der Waals surface area (Å²) in [6, 6.07) is 17.0. The highest BCUT2D eigenvalue weighted by Crippen LogP contribution is 2.21. The van der Waals surface area contributed by atoms with E-state index in [2.05, 4.69) is 15.8 Å². The first-order valence-corrected chi connectivity index (χ1v) is 9.37. The van der Waals surface area contributed by atoms with Gasteiger partial charge in [0, 0.05) is 5.56 Å². The van der Waals surface area contributed by atoms with E-state index in [9.17, 15) is 9.59 Å². The Bertz CT molecular complexity index is 983. The third kappa shape index (κ3) is 5.44. The van der Waals surface area contributed by atoms with Crippen molar-refractivity contribution in [3.8, 4) is 17.2 Å². The van der Waals surface area contributed by atoms with Crippen molar-refractivity contribution in [3.63, 3.8) is 0 Å². The largest absolute Gasteiger partial charge is 0.483 e. The maximum absolute atomic E-state index is 12.1. The van der Waals surface area contributed by atoms with Gasteiger partial charge in [0.25, 0.3) is 5.91 Å². The molecule has 150 valence electrons. The molecule has 1 aromatic heterocycles. The van der Waals surface area contributed by atoms with Gasteiger partial charge in [-0.15, -0.1) is 0 Å². The van der Waals surface area contributed by atoms with E-state index in [0.717, 1.165) is 17.5 Å². The Morgan fingerprint density at radius 1 is 1.00 bits per heavy atom. The highest BCUT2D eigenvalue weighted by atomic mass is 16.5. The van der Waals surface area contributed by atoms with E-state index in [0.29, 0.717) is 23.1 Å². The zero-order valence-electron chi connectivity index (χ0n) is 16.4. The molecule has 29 heavy (non-hydrogen) atoms. The Balaban J connectivity index is 1.49. The predicted octanol–water partition coefficient (Wildman–Crippen LogP) is 2.98. The minimum absolute atomic E-state index is 0.0119. The molecule has 0 saturated heterocycles. The predicted molar refractivity (Wildman–Crippen MR) is 108 cm³/mol. The molecule has 0 atom stereocenters. The van der Waals surface area contributed by atoms with Crippen LogP contribution in [0.4, 0.5) is 0 Å². The van der Waals surface area contributed by atoms with Crippen molar-refractivity contribution in [2.75, 3.05) is 6.61 Å². The van der Waals surface area contributed by atoms with Crippen LogP contribution in [0.15, 0.2) is 59.0 Å². The van der Waals surface area contributed by atoms with Crippen LogP contribution in [-0.4, -0.2) is 23.4 Å². The van der Waals surface area contributed by atoms with Crippen LogP contribution in [-0.2, 0) is 22.4 Å². The summed E-state index contributed by atoms with van der Waals surface area (Å²) in [5.41, 5.74) is 7.08. The molecule has 2 amide bonds. The van der Waals surface area contributed by atoms with Crippen molar-refractivity contribution in [1.29, 1.82) is 0 Å². The first kappa shape index (κ1) is 20.1. The van der Waals surface area contributed by atoms with Crippen LogP contribution in [0.2, 0.25) is 0 Å². The molecular formula is C22H23N3O4. The van der Waals surface area contributed by atoms with E-state index in [1.165, 1.54) is 0 Å². The Hall–Kier alpha value is -3.61. The van der Waals surface area contributed by atoms with Crippen molar-refractivity contribution in [2.45, 2.75) is 26.7 Å². The van der Waals surface area contributed by atoms with E-state index in [4.69, 9.17) is 9.15 Å². The number of aryl methyl sites for hydroxylation is 2. The van der Waals surface area contributed by atoms with Crippen LogP contribution >= 0.6 is 0 Å². The van der Waals surface area contributed by atoms with Crippen LogP contribution in [0.3, 0.4) is 0 Å². The summed E-state index contributed by atoms with van der Waals surface area (Å²) >= 11 is 0. The van der Waals surface area contributed by atoms with E-state index in [1.807, 2.05) is 61.5 Å². The number of hydrogen-bond acceptors (Lipinski definition) is 5. The van der Waals surface area contributed by atoms with E-state index >= 15 is 0 Å². The fourth-order valence-electron chi connectivity index (χ4n) is 2.75. The zero-order chi connectivity index (χ0) is 20.6. The molecule has 3 rings (SSSR count). The molecule has 0 saturated carbocycles. The topological polar surface area (TPSA) is 93.5 Å². The van der Waals surface area contributed by atoms with Crippen LogP contribution in [0, 0.1) is 6.92 Å². The van der Waals surface area contributed by atoms with Crippen molar-refractivity contribution in [2.24, 2.45) is 0 Å². The third-order valence-corrected chi connectivity index (χ3v) is 4.30. The van der Waals surface area contributed by atoms with Gasteiger partial charge in [-0.25, -0.2) is 4.98 Å². The lowest BCUT2D eigenvalue weighted by molar-refractivity contribution is -0.129. The minimum Gasteiger partial charge on any atom is -0.483 e. The van der Waals surface area contributed by atoms with Gasteiger partial charge in [0.1, 0.15) is 11.5 Å². The number of carbonyl (C=O) groups excluding carboxylic acids is 2. The Kier molecular flexibility index (Phi) is 6.63. The maximum Gasteiger partial charge on any atom is 0.276 e. The van der Waals surface area contributed by atoms with Gasteiger partial charge in [-0.2, -0.15) is 0 Å². The molecule has 0 unspecified atom stereocenters. The summed E-state index contributed by atoms with van der Waals surface area (Å²) in [6.07, 6.45) is 0.790. The summed E-state index contributed by atoms with van der Waals surface area (Å²) in [5.74, 6) is 0.820. The van der Waals surface area contributed by atoms with Gasteiger partial charge in [0.15, 0.2) is 6.61 Å². The normalized spacial score (nSPS) is 10.4. The SMILES string of the molecule is CCc1ccccc1OCC(=O)NNC(=O)Cc1nc(-c2ccccc2)oc1C. The second-order valence-corrected chi connectivity index (χ2v) is 6.41. The summed E-state index contributed by atoms with van der Waals surface area (Å²) in [5, 5.41) is 0. The number of aromatic nitrogens is 1. The first-order chi connectivity index (χ1) is 14.1. The average molecular weight is 393 g/mol. The van der Waals surface area contributed by atoms with Crippen LogP contribution in [0.1, 0.15) is 23.9 Å². The summed E-state index contributed by atoms with van der Waals surface area (Å²) in [4.78, 5) is 28.5. The molecule has 0 spiro atoms. The maximum atomic E-state index is 12.1. The Morgan fingerprint density at radius 2 is 1.69 bits per heavy atom. The lowest BCUT2D eigenvalue weighted by Crippen LogP contribution is -2.44. The van der Waals surface area contributed by atoms with E-state index < -0.39 is 11.8 Å². The van der Waals surface area contributed by atoms with Crippen LogP contribution in [0.25, 0.3) is 11.5 Å². The van der Waals surface area contributed by atoms with Gasteiger partial charge in [0.2, 0.25) is 11.8 Å². The number of hydrazine groups is 1. The van der Waals surface area contributed by atoms with E-state index in [-0.39, 0.29) is 13.0 Å². The van der Waals surface area contributed by atoms with E-state index in [1.54, 1.807) is 6.92 Å². The van der Waals surface area contributed by atoms with Crippen molar-refractivity contribution in [3.05, 3.63) is 71.6 Å². The Morgan fingerprint density at radius 3 is 2.45 bits per heavy atom. The van der Waals surface area contributed by atoms with Gasteiger partial charge in [0.05, 0.1) is 12.1 Å². The van der Waals surface area contributed by atoms with Crippen LogP contribution in [0.5, 0.6) is 5.75 Å². The molecule has 0 aliphatic carbocycles. The van der Waals surface area contributed by atoms with Crippen molar-refractivity contribution >= 4 is 11.8 Å². The van der Waals surface area contributed by atoms with Crippen molar-refractivity contribution < 1.29 is 18.7 Å². The summed E-state index contributed by atoms with van der Waals surface area (Å²) in [7, 11) is 0. The average Bonchev–Trinajstić information content (AvgIpc) is 3.11. The van der Waals surface area contributed by atoms with Gasteiger partial charge in [-0.3, -0.25) is 20.4 Å². The molecule has 0 fully saturated rings. The number of rotatable bonds is 7. The molecule has 7 heteroatoms. The Labute approximate surface area is 169 Å². The zero-order valence-corrected chi connectivity index (χ0v) is 16.4. The second-order valence-electron chi connectivity index (χ2n) is 6.41. The number of amides is 2. The molecule has 2 aromatic carbocycles. The molecule has 3 aromatic rings. The smallest absolute Gasteiger partial charge is 0.276 e. The number of ether oxygens (including phenoxy) is 1. The van der Waals surface area contributed by atoms with Crippen LogP contribution < -0.4 is 15.6 Å². The number of benzene rings is 2. The van der Waals surface area contributed by atoms with Gasteiger partial charge in [-0.1, -0.05) is 43.3 Å². The molecular weight excluding hydrogens is 370 g/mol. The molecule has 0 bridgehead atoms. The number of oxazole rings is 1. The molecule has 0 aliphatic rings. The third-order valence-electron chi connectivity index (χ3n) is 4.30. The highest BCUT2D eigenvalue weighted by molar-refractivity contribution is 5.83. The highest BCUT2D eigenvalue weighted by Gasteiger charge is 2.15. The molecule has 1 heterocycles. The summed E-state index contributed by atoms with van der Waals surface area (Å²) < 4.78 is 11.2. The van der Waals surface area contributed by atoms with Gasteiger partial charge in [-0.05, 0) is 37.1 Å². The minimum atomic E-state index is -0.453. The number of hydrogen-bond donors (Lipinski definition) is 2. The number of carbonyl (C=O) groups is 2. The van der Waals surface area contributed by atoms with Crippen molar-refractivity contribution in [1.82, 2.24) is 15.8 Å².